The van der Waals surface area contributed by atoms with Gasteiger partial charge in [-0.25, -0.2) is 0 Å². The highest BCUT2D eigenvalue weighted by Gasteiger charge is 2.21. The van der Waals surface area contributed by atoms with E-state index in [-0.39, 0.29) is 18.2 Å². The molecule has 5 nitrogen and oxygen atoms in total. The first kappa shape index (κ1) is 15.5. The van der Waals surface area contributed by atoms with Crippen molar-refractivity contribution in [1.82, 2.24) is 5.32 Å². The number of benzene rings is 1. The maximum Gasteiger partial charge on any atom is 0.251 e. The molecule has 0 bridgehead atoms. The van der Waals surface area contributed by atoms with Gasteiger partial charge in [0.2, 0.25) is 0 Å². The lowest BCUT2D eigenvalue weighted by molar-refractivity contribution is 0.0243. The molecule has 1 unspecified atom stereocenters. The fraction of sp³-hybridized carbons (Fsp3) is 0.500. The second-order valence-electron chi connectivity index (χ2n) is 4.87. The van der Waals surface area contributed by atoms with Gasteiger partial charge in [0.05, 0.1) is 5.60 Å². The van der Waals surface area contributed by atoms with Crippen molar-refractivity contribution in [2.75, 3.05) is 20.3 Å². The Balaban J connectivity index is 2.63. The number of phenols is 1. The molecule has 19 heavy (non-hydrogen) atoms. The smallest absolute Gasteiger partial charge is 0.251 e. The predicted molar refractivity (Wildman–Crippen MR) is 72.3 cm³/mol. The number of amides is 1. The number of ether oxygens (including phenoxy) is 1. The van der Waals surface area contributed by atoms with Crippen LogP contribution in [0.1, 0.15) is 29.3 Å². The zero-order valence-corrected chi connectivity index (χ0v) is 11.6. The van der Waals surface area contributed by atoms with Crippen LogP contribution in [-0.2, 0) is 4.74 Å². The average Bonchev–Trinajstić information content (AvgIpc) is 2.37. The van der Waals surface area contributed by atoms with Crippen LogP contribution in [0.5, 0.6) is 5.75 Å². The van der Waals surface area contributed by atoms with Crippen molar-refractivity contribution < 1.29 is 19.7 Å². The highest BCUT2D eigenvalue weighted by Crippen LogP contribution is 2.19. The molecule has 0 aliphatic carbocycles. The molecule has 0 saturated heterocycles. The van der Waals surface area contributed by atoms with Crippen molar-refractivity contribution in [2.24, 2.45) is 0 Å². The number of rotatable bonds is 6. The normalized spacial score (nSPS) is 13.9. The second kappa shape index (κ2) is 6.54. The number of aromatic hydroxyl groups is 1. The van der Waals surface area contributed by atoms with E-state index in [0.29, 0.717) is 24.2 Å². The number of phenolic OH excluding ortho intramolecular Hbond substituents is 1. The molecule has 0 saturated carbocycles. The Hall–Kier alpha value is -1.59. The van der Waals surface area contributed by atoms with Gasteiger partial charge in [-0.3, -0.25) is 4.79 Å². The first-order valence-corrected chi connectivity index (χ1v) is 6.15. The molecule has 0 aliphatic heterocycles. The van der Waals surface area contributed by atoms with Crippen LogP contribution in [-0.4, -0.2) is 42.0 Å². The van der Waals surface area contributed by atoms with Crippen LogP contribution in [0.2, 0.25) is 0 Å². The molecular weight excluding hydrogens is 246 g/mol. The number of carbonyl (C=O) groups is 1. The summed E-state index contributed by atoms with van der Waals surface area (Å²) in [7, 11) is 1.56. The minimum absolute atomic E-state index is 0.0822. The minimum Gasteiger partial charge on any atom is -0.508 e. The summed E-state index contributed by atoms with van der Waals surface area (Å²) in [5.41, 5.74) is -0.0878. The summed E-state index contributed by atoms with van der Waals surface area (Å²) in [6.07, 6.45) is 0.433. The monoisotopic (exact) mass is 267 g/mol. The number of nitrogens with one attached hydrogen (secondary N) is 1. The number of carbonyl (C=O) groups excluding carboxylic acids is 1. The van der Waals surface area contributed by atoms with Crippen molar-refractivity contribution in [3.8, 4) is 5.75 Å². The summed E-state index contributed by atoms with van der Waals surface area (Å²) in [6.45, 7) is 3.87. The maximum atomic E-state index is 12.0. The van der Waals surface area contributed by atoms with Gasteiger partial charge in [-0.1, -0.05) is 6.07 Å². The summed E-state index contributed by atoms with van der Waals surface area (Å²) < 4.78 is 4.90. The Morgan fingerprint density at radius 2 is 2.16 bits per heavy atom. The van der Waals surface area contributed by atoms with Gasteiger partial charge in [-0.15, -0.1) is 0 Å². The second-order valence-corrected chi connectivity index (χ2v) is 4.87. The van der Waals surface area contributed by atoms with Gasteiger partial charge in [-0.2, -0.15) is 0 Å². The zero-order valence-electron chi connectivity index (χ0n) is 11.6. The molecule has 1 aromatic rings. The van der Waals surface area contributed by atoms with Crippen LogP contribution in [0.3, 0.4) is 0 Å². The molecule has 1 atom stereocenters. The van der Waals surface area contributed by atoms with Gasteiger partial charge in [-0.05, 0) is 26.0 Å². The Bertz CT molecular complexity index is 443. The Morgan fingerprint density at radius 1 is 1.47 bits per heavy atom. The molecule has 1 amide bonds. The topological polar surface area (TPSA) is 78.8 Å². The van der Waals surface area contributed by atoms with E-state index >= 15 is 0 Å². The van der Waals surface area contributed by atoms with Crippen LogP contribution >= 0.6 is 0 Å². The molecule has 0 radical (unpaired) electrons. The molecule has 0 fully saturated rings. The molecule has 1 aromatic carbocycles. The van der Waals surface area contributed by atoms with Crippen LogP contribution in [0.25, 0.3) is 0 Å². The third kappa shape index (κ3) is 4.54. The average molecular weight is 267 g/mol. The highest BCUT2D eigenvalue weighted by atomic mass is 16.5. The lowest BCUT2D eigenvalue weighted by Crippen LogP contribution is -2.41. The predicted octanol–water partition coefficient (Wildman–Crippen LogP) is 1.22. The van der Waals surface area contributed by atoms with E-state index in [1.807, 2.05) is 0 Å². The van der Waals surface area contributed by atoms with Gasteiger partial charge in [0.25, 0.3) is 5.91 Å². The highest BCUT2D eigenvalue weighted by molar-refractivity contribution is 5.96. The molecule has 0 aromatic heterocycles. The molecule has 0 heterocycles. The summed E-state index contributed by atoms with van der Waals surface area (Å²) >= 11 is 0. The summed E-state index contributed by atoms with van der Waals surface area (Å²) in [6, 6.07) is 4.77. The van der Waals surface area contributed by atoms with E-state index in [2.05, 4.69) is 5.32 Å². The van der Waals surface area contributed by atoms with Crippen LogP contribution in [0.4, 0.5) is 0 Å². The maximum absolute atomic E-state index is 12.0. The molecule has 106 valence electrons. The Kier molecular flexibility index (Phi) is 5.32. The van der Waals surface area contributed by atoms with Crippen LogP contribution in [0, 0.1) is 6.92 Å². The van der Waals surface area contributed by atoms with Gasteiger partial charge in [0.1, 0.15) is 5.75 Å². The lowest BCUT2D eigenvalue weighted by Gasteiger charge is -2.23. The Labute approximate surface area is 113 Å². The quantitative estimate of drug-likeness (QED) is 0.724. The Morgan fingerprint density at radius 3 is 2.79 bits per heavy atom. The molecule has 0 spiro atoms. The van der Waals surface area contributed by atoms with Crippen molar-refractivity contribution in [1.29, 1.82) is 0 Å². The number of methoxy groups -OCH3 is 1. The van der Waals surface area contributed by atoms with Crippen molar-refractivity contribution in [3.63, 3.8) is 0 Å². The van der Waals surface area contributed by atoms with E-state index in [9.17, 15) is 15.0 Å². The summed E-state index contributed by atoms with van der Waals surface area (Å²) in [4.78, 5) is 12.0. The largest absolute Gasteiger partial charge is 0.508 e. The van der Waals surface area contributed by atoms with Gasteiger partial charge < -0.3 is 20.3 Å². The minimum atomic E-state index is -1.02. The van der Waals surface area contributed by atoms with Gasteiger partial charge in [0.15, 0.2) is 0 Å². The molecular formula is C14H21NO4. The third-order valence-corrected chi connectivity index (χ3v) is 3.02. The summed E-state index contributed by atoms with van der Waals surface area (Å²) in [5.74, 6) is -0.232. The SMILES string of the molecule is COCCC(C)(O)CNC(=O)c1cccc(O)c1C. The summed E-state index contributed by atoms with van der Waals surface area (Å²) in [5, 5.41) is 22.2. The standard InChI is InChI=1S/C14H21NO4/c1-10-11(5-4-6-12(10)16)13(17)15-9-14(2,18)7-8-19-3/h4-6,16,18H,7-9H2,1-3H3,(H,15,17). The molecule has 1 rings (SSSR count). The van der Waals surface area contributed by atoms with E-state index in [0.717, 1.165) is 0 Å². The first-order valence-electron chi connectivity index (χ1n) is 6.15. The molecule has 3 N–H and O–H groups in total. The van der Waals surface area contributed by atoms with Crippen molar-refractivity contribution in [3.05, 3.63) is 29.3 Å². The number of hydrogen-bond donors (Lipinski definition) is 3. The fourth-order valence-corrected chi connectivity index (χ4v) is 1.65. The third-order valence-electron chi connectivity index (χ3n) is 3.02. The van der Waals surface area contributed by atoms with E-state index < -0.39 is 5.60 Å². The number of hydrogen-bond acceptors (Lipinski definition) is 4. The van der Waals surface area contributed by atoms with Crippen LogP contribution in [0.15, 0.2) is 18.2 Å². The molecule has 5 heteroatoms. The van der Waals surface area contributed by atoms with Crippen molar-refractivity contribution >= 4 is 5.91 Å². The van der Waals surface area contributed by atoms with Gasteiger partial charge in [0, 0.05) is 37.8 Å². The zero-order chi connectivity index (χ0) is 14.5. The van der Waals surface area contributed by atoms with E-state index in [4.69, 9.17) is 4.74 Å². The van der Waals surface area contributed by atoms with E-state index in [1.54, 1.807) is 33.1 Å². The van der Waals surface area contributed by atoms with Gasteiger partial charge >= 0.3 is 0 Å². The van der Waals surface area contributed by atoms with Crippen LogP contribution < -0.4 is 5.32 Å². The first-order chi connectivity index (χ1) is 8.87. The number of aliphatic hydroxyl groups is 1. The van der Waals surface area contributed by atoms with Crippen molar-refractivity contribution in [2.45, 2.75) is 25.9 Å². The fourth-order valence-electron chi connectivity index (χ4n) is 1.65. The van der Waals surface area contributed by atoms with E-state index in [1.165, 1.54) is 6.07 Å². The lowest BCUT2D eigenvalue weighted by atomic mass is 10.0. The molecule has 0 aliphatic rings.